The molecule has 0 saturated heterocycles. The minimum Gasteiger partial charge on any atom is -0.481 e. The summed E-state index contributed by atoms with van der Waals surface area (Å²) in [5.74, 6) is -5.06. The van der Waals surface area contributed by atoms with Gasteiger partial charge in [-0.25, -0.2) is 35.5 Å². The van der Waals surface area contributed by atoms with E-state index < -0.39 is 51.1 Å². The number of nitrogens with one attached hydrogen (secondary N) is 1. The van der Waals surface area contributed by atoms with Crippen molar-refractivity contribution in [1.29, 1.82) is 0 Å². The molecule has 0 amide bonds. The van der Waals surface area contributed by atoms with Gasteiger partial charge in [0, 0.05) is 29.3 Å². The number of rotatable bonds is 6. The molecule has 0 unspecified atom stereocenters. The first-order valence-corrected chi connectivity index (χ1v) is 14.3. The van der Waals surface area contributed by atoms with Crippen LogP contribution in [-0.4, -0.2) is 39.5 Å². The second kappa shape index (κ2) is 9.61. The molecule has 12 heteroatoms. The quantitative estimate of drug-likeness (QED) is 0.321. The van der Waals surface area contributed by atoms with Gasteiger partial charge >= 0.3 is 5.97 Å². The Labute approximate surface area is 227 Å². The first-order valence-electron chi connectivity index (χ1n) is 12.9. The average Bonchev–Trinajstić information content (AvgIpc) is 3.30. The molecule has 3 aromatic heterocycles. The maximum atomic E-state index is 15.3. The largest absolute Gasteiger partial charge is 0.481 e. The Balaban J connectivity index is 1.48. The summed E-state index contributed by atoms with van der Waals surface area (Å²) < 4.78 is 72.4. The van der Waals surface area contributed by atoms with E-state index in [1.807, 2.05) is 0 Å². The van der Waals surface area contributed by atoms with E-state index in [9.17, 15) is 22.7 Å². The minimum absolute atomic E-state index is 0.0133. The highest BCUT2D eigenvalue weighted by Crippen LogP contribution is 2.46. The Bertz CT molecular complexity index is 1750. The molecule has 0 radical (unpaired) electrons. The fourth-order valence-corrected chi connectivity index (χ4v) is 7.50. The number of carboxylic acid groups (broad SMARTS) is 1. The smallest absolute Gasteiger partial charge is 0.308 e. The lowest BCUT2D eigenvalue weighted by Gasteiger charge is -2.47. The lowest BCUT2D eigenvalue weighted by atomic mass is 9.61. The zero-order valence-electron chi connectivity index (χ0n) is 21.3. The van der Waals surface area contributed by atoms with E-state index in [0.717, 1.165) is 53.7 Å². The van der Waals surface area contributed by atoms with Crippen LogP contribution >= 0.6 is 0 Å². The van der Waals surface area contributed by atoms with E-state index in [2.05, 4.69) is 15.3 Å². The molecule has 3 heterocycles. The highest BCUT2D eigenvalue weighted by atomic mass is 32.2. The Hall–Kier alpha value is -3.93. The van der Waals surface area contributed by atoms with E-state index in [1.54, 1.807) is 19.1 Å². The second-order valence-electron chi connectivity index (χ2n) is 10.5. The lowest BCUT2D eigenvalue weighted by Crippen LogP contribution is -2.51. The van der Waals surface area contributed by atoms with Crippen molar-refractivity contribution in [2.45, 2.75) is 43.5 Å². The van der Waals surface area contributed by atoms with Crippen molar-refractivity contribution in [2.75, 3.05) is 5.32 Å². The van der Waals surface area contributed by atoms with Gasteiger partial charge in [0.1, 0.15) is 11.5 Å². The van der Waals surface area contributed by atoms with E-state index >= 15 is 8.78 Å². The summed E-state index contributed by atoms with van der Waals surface area (Å²) in [6.07, 6.45) is 5.06. The predicted molar refractivity (Wildman–Crippen MR) is 141 cm³/mol. The van der Waals surface area contributed by atoms with Crippen LogP contribution in [-0.2, 0) is 14.8 Å². The molecule has 1 aromatic carbocycles. The molecule has 2 N–H and O–H groups in total. The molecular formula is C28H25F3N4O4S. The number of aryl methyl sites for hydroxylation is 1. The predicted octanol–water partition coefficient (Wildman–Crippen LogP) is 5.36. The standard InChI is InChI=1S/C28H25F3N4O4S/c1-14-2-8-18(9-3-14)40(38,39)35-13-20(19-10-17(29)12-32-27(19)35)25-21(30)11-22(31)26(34-25)33-24-16-6-4-15(5-7-16)23(24)28(36)37/h2-3,8-13,15-16,23-24H,4-7H2,1H3,(H,33,34)(H,36,37)/t15?,16?,23-,24-/m1/s1. The number of carboxylic acids is 1. The summed E-state index contributed by atoms with van der Waals surface area (Å²) in [5.41, 5.74) is 0.142. The second-order valence-corrected chi connectivity index (χ2v) is 12.4. The van der Waals surface area contributed by atoms with Crippen LogP contribution < -0.4 is 5.32 Å². The number of hydrogen-bond acceptors (Lipinski definition) is 6. The van der Waals surface area contributed by atoms with Gasteiger partial charge in [-0.05, 0) is 62.6 Å². The molecule has 2 bridgehead atoms. The Morgan fingerprint density at radius 2 is 1.70 bits per heavy atom. The summed E-state index contributed by atoms with van der Waals surface area (Å²) in [7, 11) is -4.23. The van der Waals surface area contributed by atoms with Gasteiger partial charge in [-0.2, -0.15) is 0 Å². The molecule has 7 rings (SSSR count). The van der Waals surface area contributed by atoms with Crippen LogP contribution in [0.4, 0.5) is 19.0 Å². The molecule has 3 fully saturated rings. The van der Waals surface area contributed by atoms with Crippen LogP contribution in [0.15, 0.2) is 53.7 Å². The molecule has 2 atom stereocenters. The zero-order valence-corrected chi connectivity index (χ0v) is 22.1. The maximum absolute atomic E-state index is 15.3. The van der Waals surface area contributed by atoms with E-state index in [4.69, 9.17) is 0 Å². The first kappa shape index (κ1) is 26.3. The van der Waals surface area contributed by atoms with Gasteiger partial charge in [0.15, 0.2) is 23.1 Å². The number of nitrogens with zero attached hydrogens (tertiary/aromatic N) is 3. The van der Waals surface area contributed by atoms with Gasteiger partial charge in [-0.3, -0.25) is 4.79 Å². The number of fused-ring (bicyclic) bond motifs is 4. The highest BCUT2D eigenvalue weighted by molar-refractivity contribution is 7.90. The Morgan fingerprint density at radius 3 is 2.38 bits per heavy atom. The highest BCUT2D eigenvalue weighted by Gasteiger charge is 2.47. The molecule has 4 aromatic rings. The van der Waals surface area contributed by atoms with E-state index in [0.29, 0.717) is 6.07 Å². The number of aromatic nitrogens is 3. The van der Waals surface area contributed by atoms with Crippen molar-refractivity contribution in [3.8, 4) is 11.3 Å². The molecule has 3 aliphatic rings. The average molecular weight is 571 g/mol. The fourth-order valence-electron chi connectivity index (χ4n) is 6.18. The van der Waals surface area contributed by atoms with Crippen molar-refractivity contribution >= 4 is 32.8 Å². The van der Waals surface area contributed by atoms with E-state index in [1.165, 1.54) is 12.1 Å². The van der Waals surface area contributed by atoms with Crippen LogP contribution in [0.5, 0.6) is 0 Å². The normalized spacial score (nSPS) is 22.5. The monoisotopic (exact) mass is 570 g/mol. The number of halogens is 3. The number of hydrogen-bond donors (Lipinski definition) is 2. The van der Waals surface area contributed by atoms with Gasteiger partial charge in [0.2, 0.25) is 0 Å². The third kappa shape index (κ3) is 4.30. The van der Waals surface area contributed by atoms with Gasteiger partial charge in [-0.15, -0.1) is 0 Å². The molecular weight excluding hydrogens is 545 g/mol. The molecule has 40 heavy (non-hydrogen) atoms. The van der Waals surface area contributed by atoms with Crippen LogP contribution in [0.2, 0.25) is 0 Å². The molecule has 8 nitrogen and oxygen atoms in total. The van der Waals surface area contributed by atoms with Crippen molar-refractivity contribution in [2.24, 2.45) is 17.8 Å². The molecule has 0 spiro atoms. The van der Waals surface area contributed by atoms with Gasteiger partial charge in [0.05, 0.1) is 17.0 Å². The zero-order chi connectivity index (χ0) is 28.3. The number of benzene rings is 1. The SMILES string of the molecule is Cc1ccc(S(=O)(=O)n2cc(-c3nc(N[C@@H]4C5CCC(CC5)[C@H]4C(=O)O)c(F)cc3F)c3cc(F)cnc32)cc1. The van der Waals surface area contributed by atoms with Crippen LogP contribution in [0.25, 0.3) is 22.3 Å². The lowest BCUT2D eigenvalue weighted by molar-refractivity contribution is -0.148. The van der Waals surface area contributed by atoms with Crippen molar-refractivity contribution in [1.82, 2.24) is 13.9 Å². The molecule has 3 saturated carbocycles. The summed E-state index contributed by atoms with van der Waals surface area (Å²) >= 11 is 0. The summed E-state index contributed by atoms with van der Waals surface area (Å²) in [6, 6.07) is 7.07. The van der Waals surface area contributed by atoms with Crippen LogP contribution in [0.1, 0.15) is 31.2 Å². The topological polar surface area (TPSA) is 114 Å². The van der Waals surface area contributed by atoms with E-state index in [-0.39, 0.29) is 39.1 Å². The minimum atomic E-state index is -4.23. The van der Waals surface area contributed by atoms with Crippen LogP contribution in [0, 0.1) is 42.1 Å². The third-order valence-electron chi connectivity index (χ3n) is 8.15. The summed E-state index contributed by atoms with van der Waals surface area (Å²) in [4.78, 5) is 20.1. The van der Waals surface area contributed by atoms with Gasteiger partial charge < -0.3 is 10.4 Å². The number of anilines is 1. The third-order valence-corrected chi connectivity index (χ3v) is 9.81. The Kier molecular flexibility index (Phi) is 6.32. The first-order chi connectivity index (χ1) is 19.0. The summed E-state index contributed by atoms with van der Waals surface area (Å²) in [5, 5.41) is 12.8. The maximum Gasteiger partial charge on any atom is 0.308 e. The van der Waals surface area contributed by atoms with Crippen LogP contribution in [0.3, 0.4) is 0 Å². The number of aliphatic carboxylic acids is 1. The number of carbonyl (C=O) groups is 1. The molecule has 3 aliphatic carbocycles. The van der Waals surface area contributed by atoms with Crippen molar-refractivity contribution < 1.29 is 31.5 Å². The number of pyridine rings is 2. The van der Waals surface area contributed by atoms with Gasteiger partial charge in [0.25, 0.3) is 10.0 Å². The van der Waals surface area contributed by atoms with Crippen molar-refractivity contribution in [3.63, 3.8) is 0 Å². The Morgan fingerprint density at radius 1 is 1.02 bits per heavy atom. The van der Waals surface area contributed by atoms with Gasteiger partial charge in [-0.1, -0.05) is 17.7 Å². The molecule has 208 valence electrons. The van der Waals surface area contributed by atoms with Crippen molar-refractivity contribution in [3.05, 3.63) is 71.8 Å². The molecule has 0 aliphatic heterocycles. The fraction of sp³-hybridized carbons (Fsp3) is 0.321. The summed E-state index contributed by atoms with van der Waals surface area (Å²) in [6.45, 7) is 1.80.